The summed E-state index contributed by atoms with van der Waals surface area (Å²) in [7, 11) is -3.55. The summed E-state index contributed by atoms with van der Waals surface area (Å²) in [5.41, 5.74) is 0. The Balaban J connectivity index is 1.56. The van der Waals surface area contributed by atoms with Crippen LogP contribution in [0.1, 0.15) is 25.7 Å². The molecular weight excluding hydrogens is 302 g/mol. The molecule has 1 heterocycles. The Hall–Kier alpha value is -1.11. The van der Waals surface area contributed by atoms with Crippen molar-refractivity contribution < 1.29 is 17.3 Å². The van der Waals surface area contributed by atoms with Gasteiger partial charge in [0.2, 0.25) is 0 Å². The molecule has 2 unspecified atom stereocenters. The third-order valence-corrected chi connectivity index (χ3v) is 5.57. The lowest BCUT2D eigenvalue weighted by Crippen LogP contribution is -2.53. The molecule has 0 bridgehead atoms. The molecule has 1 aliphatic heterocycles. The van der Waals surface area contributed by atoms with Gasteiger partial charge in [-0.15, -0.1) is 0 Å². The Morgan fingerprint density at radius 2 is 1.95 bits per heavy atom. The first-order valence-corrected chi connectivity index (χ1v) is 9.55. The lowest BCUT2D eigenvalue weighted by atomic mass is 9.90. The number of fused-ring (bicyclic) bond motifs is 1. The van der Waals surface area contributed by atoms with Crippen molar-refractivity contribution in [2.24, 2.45) is 0 Å². The lowest BCUT2D eigenvalue weighted by molar-refractivity contribution is -0.0860. The van der Waals surface area contributed by atoms with Gasteiger partial charge in [-0.05, 0) is 25.0 Å². The molecule has 1 saturated carbocycles. The van der Waals surface area contributed by atoms with E-state index in [4.69, 9.17) is 8.92 Å². The highest BCUT2D eigenvalue weighted by Crippen LogP contribution is 2.28. The topological polar surface area (TPSA) is 55.8 Å². The zero-order chi connectivity index (χ0) is 15.4. The van der Waals surface area contributed by atoms with Crippen molar-refractivity contribution >= 4 is 10.1 Å². The lowest BCUT2D eigenvalue weighted by Gasteiger charge is -2.43. The van der Waals surface area contributed by atoms with E-state index in [1.807, 2.05) is 6.07 Å². The zero-order valence-corrected chi connectivity index (χ0v) is 13.5. The second-order valence-electron chi connectivity index (χ2n) is 5.96. The largest absolute Gasteiger partial charge is 0.382 e. The summed E-state index contributed by atoms with van der Waals surface area (Å²) < 4.78 is 35.2. The third-order valence-electron chi connectivity index (χ3n) is 4.44. The summed E-state index contributed by atoms with van der Waals surface area (Å²) in [5.74, 6) is 0.394. The number of benzene rings is 1. The van der Waals surface area contributed by atoms with Crippen LogP contribution in [0.3, 0.4) is 0 Å². The molecule has 22 heavy (non-hydrogen) atoms. The van der Waals surface area contributed by atoms with E-state index >= 15 is 0 Å². The van der Waals surface area contributed by atoms with Gasteiger partial charge in [-0.2, -0.15) is 8.42 Å². The number of morpholine rings is 1. The average molecular weight is 325 g/mol. The van der Waals surface area contributed by atoms with Gasteiger partial charge in [-0.1, -0.05) is 31.0 Å². The molecule has 0 radical (unpaired) electrons. The fraction of sp³-hybridized carbons (Fsp3) is 0.625. The van der Waals surface area contributed by atoms with Gasteiger partial charge in [-0.3, -0.25) is 4.90 Å². The van der Waals surface area contributed by atoms with Crippen molar-refractivity contribution in [2.45, 2.75) is 37.8 Å². The number of nitrogens with zero attached hydrogens (tertiary/aromatic N) is 1. The fourth-order valence-corrected chi connectivity index (χ4v) is 4.29. The van der Waals surface area contributed by atoms with Gasteiger partial charge in [0, 0.05) is 19.1 Å². The first-order chi connectivity index (χ1) is 10.6. The predicted octanol–water partition coefficient (Wildman–Crippen LogP) is 2.04. The van der Waals surface area contributed by atoms with Crippen LogP contribution in [-0.4, -0.2) is 50.9 Å². The standard InChI is InChI=1S/C16H23NO4S/c18-22(19,21-14-6-2-1-3-7-14)13-11-17-10-12-20-16-9-5-4-8-15(16)17/h1-3,6-7,15-16H,4-5,8-13H2. The first kappa shape index (κ1) is 15.8. The fourth-order valence-electron chi connectivity index (χ4n) is 3.35. The van der Waals surface area contributed by atoms with Crippen LogP contribution >= 0.6 is 0 Å². The van der Waals surface area contributed by atoms with Gasteiger partial charge in [0.1, 0.15) is 5.75 Å². The monoisotopic (exact) mass is 325 g/mol. The predicted molar refractivity (Wildman–Crippen MR) is 84.4 cm³/mol. The third kappa shape index (κ3) is 4.00. The Labute approximate surface area is 132 Å². The van der Waals surface area contributed by atoms with Crippen molar-refractivity contribution in [1.29, 1.82) is 0 Å². The molecule has 5 nitrogen and oxygen atoms in total. The normalized spacial score (nSPS) is 26.4. The van der Waals surface area contributed by atoms with E-state index < -0.39 is 10.1 Å². The molecule has 0 N–H and O–H groups in total. The van der Waals surface area contributed by atoms with Gasteiger partial charge < -0.3 is 8.92 Å². The number of para-hydroxylation sites is 1. The number of rotatable bonds is 5. The van der Waals surface area contributed by atoms with E-state index in [-0.39, 0.29) is 11.9 Å². The van der Waals surface area contributed by atoms with Gasteiger partial charge >= 0.3 is 10.1 Å². The Morgan fingerprint density at radius 1 is 1.18 bits per heavy atom. The van der Waals surface area contributed by atoms with Crippen molar-refractivity contribution in [2.75, 3.05) is 25.4 Å². The van der Waals surface area contributed by atoms with Crippen molar-refractivity contribution in [1.82, 2.24) is 4.90 Å². The van der Waals surface area contributed by atoms with Crippen LogP contribution in [0.2, 0.25) is 0 Å². The maximum atomic E-state index is 12.1. The zero-order valence-electron chi connectivity index (χ0n) is 12.7. The molecule has 1 aromatic carbocycles. The van der Waals surface area contributed by atoms with Crippen molar-refractivity contribution in [3.63, 3.8) is 0 Å². The summed E-state index contributed by atoms with van der Waals surface area (Å²) in [6, 6.07) is 9.04. The molecule has 1 aliphatic carbocycles. The molecule has 0 spiro atoms. The Kier molecular flexibility index (Phi) is 5.00. The van der Waals surface area contributed by atoms with Crippen LogP contribution in [0.25, 0.3) is 0 Å². The smallest absolute Gasteiger partial charge is 0.310 e. The molecule has 2 atom stereocenters. The van der Waals surface area contributed by atoms with Gasteiger partial charge in [0.05, 0.1) is 18.5 Å². The van der Waals surface area contributed by atoms with Crippen molar-refractivity contribution in [3.8, 4) is 5.75 Å². The maximum absolute atomic E-state index is 12.1. The average Bonchev–Trinajstić information content (AvgIpc) is 2.53. The summed E-state index contributed by atoms with van der Waals surface area (Å²) >= 11 is 0. The summed E-state index contributed by atoms with van der Waals surface area (Å²) in [6.45, 7) is 2.02. The molecule has 122 valence electrons. The van der Waals surface area contributed by atoms with Gasteiger partial charge in [0.25, 0.3) is 0 Å². The number of ether oxygens (including phenoxy) is 1. The SMILES string of the molecule is O=S(=O)(CCN1CCOC2CCCCC21)Oc1ccccc1. The molecule has 0 aromatic heterocycles. The van der Waals surface area contributed by atoms with Gasteiger partial charge in [-0.25, -0.2) is 0 Å². The quantitative estimate of drug-likeness (QED) is 0.776. The molecule has 2 aliphatic rings. The van der Waals surface area contributed by atoms with E-state index in [1.165, 1.54) is 12.8 Å². The van der Waals surface area contributed by atoms with Gasteiger partial charge in [0.15, 0.2) is 0 Å². The van der Waals surface area contributed by atoms with Crippen LogP contribution in [0, 0.1) is 0 Å². The van der Waals surface area contributed by atoms with E-state index in [9.17, 15) is 8.42 Å². The molecule has 2 fully saturated rings. The van der Waals surface area contributed by atoms with Crippen LogP contribution in [0.15, 0.2) is 30.3 Å². The summed E-state index contributed by atoms with van der Waals surface area (Å²) in [5, 5.41) is 0. The van der Waals surface area contributed by atoms with Crippen LogP contribution in [-0.2, 0) is 14.9 Å². The minimum Gasteiger partial charge on any atom is -0.382 e. The molecule has 3 rings (SSSR count). The molecule has 1 saturated heterocycles. The van der Waals surface area contributed by atoms with E-state index in [0.29, 0.717) is 24.9 Å². The highest BCUT2D eigenvalue weighted by molar-refractivity contribution is 7.87. The van der Waals surface area contributed by atoms with Crippen LogP contribution in [0.4, 0.5) is 0 Å². The Morgan fingerprint density at radius 3 is 2.77 bits per heavy atom. The maximum Gasteiger partial charge on any atom is 0.310 e. The summed E-state index contributed by atoms with van der Waals surface area (Å²) in [4.78, 5) is 2.26. The Bertz CT molecular complexity index is 573. The van der Waals surface area contributed by atoms with Crippen LogP contribution < -0.4 is 4.18 Å². The molecule has 0 amide bonds. The summed E-state index contributed by atoms with van der Waals surface area (Å²) in [6.07, 6.45) is 4.89. The van der Waals surface area contributed by atoms with Crippen LogP contribution in [0.5, 0.6) is 5.75 Å². The van der Waals surface area contributed by atoms with E-state index in [2.05, 4.69) is 4.90 Å². The number of hydrogen-bond acceptors (Lipinski definition) is 5. The van der Waals surface area contributed by atoms with E-state index in [0.717, 1.165) is 19.4 Å². The van der Waals surface area contributed by atoms with E-state index in [1.54, 1.807) is 24.3 Å². The number of hydrogen-bond donors (Lipinski definition) is 0. The second-order valence-corrected chi connectivity index (χ2v) is 7.65. The second kappa shape index (κ2) is 6.98. The van der Waals surface area contributed by atoms with Crippen molar-refractivity contribution in [3.05, 3.63) is 30.3 Å². The minimum absolute atomic E-state index is 0.0190. The highest BCUT2D eigenvalue weighted by Gasteiger charge is 2.34. The molecular formula is C16H23NO4S. The highest BCUT2D eigenvalue weighted by atomic mass is 32.2. The molecule has 1 aromatic rings. The molecule has 6 heteroatoms. The first-order valence-electron chi connectivity index (χ1n) is 7.97. The minimum atomic E-state index is -3.55.